The monoisotopic (exact) mass is 331 g/mol. The zero-order chi connectivity index (χ0) is 16.4. The van der Waals surface area contributed by atoms with Crippen molar-refractivity contribution in [1.29, 1.82) is 5.26 Å². The van der Waals surface area contributed by atoms with Crippen LogP contribution in [0.3, 0.4) is 0 Å². The van der Waals surface area contributed by atoms with Crippen LogP contribution < -0.4 is 0 Å². The van der Waals surface area contributed by atoms with E-state index in [0.29, 0.717) is 6.54 Å². The van der Waals surface area contributed by atoms with E-state index in [-0.39, 0.29) is 16.6 Å². The summed E-state index contributed by atoms with van der Waals surface area (Å²) in [7, 11) is -1.98. The summed E-state index contributed by atoms with van der Waals surface area (Å²) in [5.41, 5.74) is 0.789. The Hall–Kier alpha value is -2.24. The second-order valence-corrected chi connectivity index (χ2v) is 7.33. The van der Waals surface area contributed by atoms with E-state index in [1.165, 1.54) is 22.6 Å². The maximum Gasteiger partial charge on any atom is 0.246 e. The first-order chi connectivity index (χ1) is 11.1. The van der Waals surface area contributed by atoms with Crippen LogP contribution >= 0.6 is 0 Å². The van der Waals surface area contributed by atoms with Gasteiger partial charge in [-0.2, -0.15) is 14.7 Å². The van der Waals surface area contributed by atoms with Crippen LogP contribution in [0.2, 0.25) is 0 Å². The van der Waals surface area contributed by atoms with Crippen LogP contribution in [0, 0.1) is 11.3 Å². The van der Waals surface area contributed by atoms with Gasteiger partial charge in [-0.3, -0.25) is 4.68 Å². The van der Waals surface area contributed by atoms with Gasteiger partial charge in [0, 0.05) is 26.0 Å². The summed E-state index contributed by atoms with van der Waals surface area (Å²) in [6.07, 6.45) is 5.59. The Bertz CT molecular complexity index is 853. The number of piperidine rings is 1. The number of aryl methyl sites for hydroxylation is 1. The van der Waals surface area contributed by atoms with Crippen molar-refractivity contribution in [2.24, 2.45) is 7.05 Å². The van der Waals surface area contributed by atoms with Crippen molar-refractivity contribution in [3.05, 3.63) is 42.0 Å². The number of pyridine rings is 1. The Balaban J connectivity index is 2.07. The summed E-state index contributed by atoms with van der Waals surface area (Å²) in [6, 6.07) is 6.42. The Morgan fingerprint density at radius 1 is 1.30 bits per heavy atom. The smallest absolute Gasteiger partial charge is 0.246 e. The SMILES string of the molecule is Cn1nccc1[C@H]1CCCCN1S(=O)(=O)c1cccnc1C#N. The number of rotatable bonds is 3. The molecule has 23 heavy (non-hydrogen) atoms. The molecule has 1 aliphatic rings. The zero-order valence-corrected chi connectivity index (χ0v) is 13.6. The molecule has 1 aliphatic heterocycles. The number of hydrogen-bond donors (Lipinski definition) is 0. The highest BCUT2D eigenvalue weighted by molar-refractivity contribution is 7.89. The van der Waals surface area contributed by atoms with Crippen molar-refractivity contribution >= 4 is 10.0 Å². The topological polar surface area (TPSA) is 91.9 Å². The highest BCUT2D eigenvalue weighted by Gasteiger charge is 2.37. The van der Waals surface area contributed by atoms with Crippen LogP contribution in [0.25, 0.3) is 0 Å². The molecule has 0 aromatic carbocycles. The maximum atomic E-state index is 13.1. The highest BCUT2D eigenvalue weighted by atomic mass is 32.2. The van der Waals surface area contributed by atoms with Crippen LogP contribution in [0.15, 0.2) is 35.5 Å². The van der Waals surface area contributed by atoms with Crippen LogP contribution in [0.1, 0.15) is 36.7 Å². The molecule has 2 aromatic rings. The van der Waals surface area contributed by atoms with E-state index in [9.17, 15) is 8.42 Å². The highest BCUT2D eigenvalue weighted by Crippen LogP contribution is 2.35. The molecular weight excluding hydrogens is 314 g/mol. The molecule has 7 nitrogen and oxygen atoms in total. The first-order valence-electron chi connectivity index (χ1n) is 7.40. The molecule has 0 radical (unpaired) electrons. The minimum atomic E-state index is -3.79. The Kier molecular flexibility index (Phi) is 4.15. The molecule has 8 heteroatoms. The van der Waals surface area contributed by atoms with Gasteiger partial charge >= 0.3 is 0 Å². The maximum absolute atomic E-state index is 13.1. The molecule has 1 fully saturated rings. The Labute approximate surface area is 135 Å². The lowest BCUT2D eigenvalue weighted by molar-refractivity contribution is 0.246. The van der Waals surface area contributed by atoms with Gasteiger partial charge in [0.15, 0.2) is 5.69 Å². The third-order valence-corrected chi connectivity index (χ3v) is 6.06. The number of hydrogen-bond acceptors (Lipinski definition) is 5. The molecule has 0 N–H and O–H groups in total. The van der Waals surface area contributed by atoms with E-state index in [0.717, 1.165) is 25.0 Å². The molecule has 0 unspecified atom stereocenters. The number of sulfonamides is 1. The first kappa shape index (κ1) is 15.6. The van der Waals surface area contributed by atoms with E-state index in [4.69, 9.17) is 5.26 Å². The van der Waals surface area contributed by atoms with Crippen molar-refractivity contribution in [2.45, 2.75) is 30.2 Å². The van der Waals surface area contributed by atoms with Crippen LogP contribution in [0.4, 0.5) is 0 Å². The lowest BCUT2D eigenvalue weighted by Gasteiger charge is -2.34. The predicted octanol–water partition coefficient (Wildman–Crippen LogP) is 1.60. The fourth-order valence-electron chi connectivity index (χ4n) is 3.01. The molecule has 0 amide bonds. The van der Waals surface area contributed by atoms with Crippen LogP contribution in [-0.4, -0.2) is 34.0 Å². The van der Waals surface area contributed by atoms with E-state index in [1.54, 1.807) is 17.9 Å². The van der Waals surface area contributed by atoms with Gasteiger partial charge in [-0.1, -0.05) is 6.42 Å². The molecule has 0 spiro atoms. The summed E-state index contributed by atoms with van der Waals surface area (Å²) >= 11 is 0. The molecule has 1 atom stereocenters. The third-order valence-electron chi connectivity index (χ3n) is 4.12. The molecule has 3 rings (SSSR count). The normalized spacial score (nSPS) is 19.4. The van der Waals surface area contributed by atoms with Gasteiger partial charge in [-0.25, -0.2) is 13.4 Å². The largest absolute Gasteiger partial charge is 0.271 e. The van der Waals surface area contributed by atoms with Crippen molar-refractivity contribution in [1.82, 2.24) is 19.1 Å². The quantitative estimate of drug-likeness (QED) is 0.852. The molecular formula is C15H17N5O2S. The van der Waals surface area contributed by atoms with Gasteiger partial charge in [-0.15, -0.1) is 0 Å². The molecule has 0 aliphatic carbocycles. The average Bonchev–Trinajstić information content (AvgIpc) is 3.00. The van der Waals surface area contributed by atoms with E-state index in [2.05, 4.69) is 10.1 Å². The minimum absolute atomic E-state index is 0.0310. The van der Waals surface area contributed by atoms with Crippen LogP contribution in [-0.2, 0) is 17.1 Å². The van der Waals surface area contributed by atoms with Gasteiger partial charge in [0.2, 0.25) is 10.0 Å². The fourth-order valence-corrected chi connectivity index (χ4v) is 4.77. The molecule has 0 bridgehead atoms. The van der Waals surface area contributed by atoms with Gasteiger partial charge in [0.05, 0.1) is 11.7 Å². The molecule has 1 saturated heterocycles. The lowest BCUT2D eigenvalue weighted by atomic mass is 10.0. The summed E-state index contributed by atoms with van der Waals surface area (Å²) < 4.78 is 29.4. The predicted molar refractivity (Wildman–Crippen MR) is 82.6 cm³/mol. The van der Waals surface area contributed by atoms with Gasteiger partial charge < -0.3 is 0 Å². The van der Waals surface area contributed by atoms with Gasteiger partial charge in [-0.05, 0) is 31.0 Å². The number of nitriles is 1. The number of aromatic nitrogens is 3. The van der Waals surface area contributed by atoms with Gasteiger partial charge in [0.1, 0.15) is 11.0 Å². The van der Waals surface area contributed by atoms with E-state index < -0.39 is 10.0 Å². The molecule has 2 aromatic heterocycles. The Morgan fingerprint density at radius 3 is 2.83 bits per heavy atom. The summed E-state index contributed by atoms with van der Waals surface area (Å²) in [6.45, 7) is 0.429. The molecule has 3 heterocycles. The molecule has 0 saturated carbocycles. The van der Waals surface area contributed by atoms with Crippen molar-refractivity contribution in [3.63, 3.8) is 0 Å². The van der Waals surface area contributed by atoms with Crippen LogP contribution in [0.5, 0.6) is 0 Å². The molecule has 120 valence electrons. The van der Waals surface area contributed by atoms with Gasteiger partial charge in [0.25, 0.3) is 0 Å². The minimum Gasteiger partial charge on any atom is -0.271 e. The zero-order valence-electron chi connectivity index (χ0n) is 12.8. The van der Waals surface area contributed by atoms with Crippen molar-refractivity contribution in [2.75, 3.05) is 6.54 Å². The second kappa shape index (κ2) is 6.10. The van der Waals surface area contributed by atoms with Crippen molar-refractivity contribution < 1.29 is 8.42 Å². The number of nitrogens with zero attached hydrogens (tertiary/aromatic N) is 5. The Morgan fingerprint density at radius 2 is 2.13 bits per heavy atom. The van der Waals surface area contributed by atoms with Crippen molar-refractivity contribution in [3.8, 4) is 6.07 Å². The van der Waals surface area contributed by atoms with E-state index in [1.807, 2.05) is 12.1 Å². The average molecular weight is 331 g/mol. The lowest BCUT2D eigenvalue weighted by Crippen LogP contribution is -2.39. The first-order valence-corrected chi connectivity index (χ1v) is 8.84. The van der Waals surface area contributed by atoms with E-state index >= 15 is 0 Å². The standard InChI is InChI=1S/C15H17N5O2S/c1-19-13(7-9-18-19)14-5-2-3-10-20(14)23(21,22)15-6-4-8-17-12(15)11-16/h4,6-9,14H,2-3,5,10H2,1H3/t14-/m1/s1. The summed E-state index contributed by atoms with van der Waals surface area (Å²) in [5, 5.41) is 13.3. The second-order valence-electron chi connectivity index (χ2n) is 5.47. The summed E-state index contributed by atoms with van der Waals surface area (Å²) in [5.74, 6) is 0. The third kappa shape index (κ3) is 2.73. The summed E-state index contributed by atoms with van der Waals surface area (Å²) in [4.78, 5) is 3.85. The fraction of sp³-hybridized carbons (Fsp3) is 0.400.